The summed E-state index contributed by atoms with van der Waals surface area (Å²) in [4.78, 5) is 29.9. The molecule has 9 heteroatoms. The van der Waals surface area contributed by atoms with Gasteiger partial charge in [-0.1, -0.05) is 24.3 Å². The van der Waals surface area contributed by atoms with Crippen molar-refractivity contribution in [1.29, 1.82) is 0 Å². The van der Waals surface area contributed by atoms with E-state index in [0.29, 0.717) is 11.2 Å². The van der Waals surface area contributed by atoms with Crippen LogP contribution in [0, 0.1) is 13.8 Å². The van der Waals surface area contributed by atoms with Gasteiger partial charge < -0.3 is 5.32 Å². The zero-order valence-corrected chi connectivity index (χ0v) is 17.1. The Labute approximate surface area is 180 Å². The molecule has 4 aromatic rings. The highest BCUT2D eigenvalue weighted by atomic mass is 19.4. The second kappa shape index (κ2) is 7.92. The van der Waals surface area contributed by atoms with Crippen molar-refractivity contribution in [1.82, 2.24) is 14.8 Å². The minimum Gasteiger partial charge on any atom is -0.317 e. The number of nitrogens with one attached hydrogen (secondary N) is 1. The van der Waals surface area contributed by atoms with E-state index in [1.54, 1.807) is 24.4 Å². The first-order valence-electron chi connectivity index (χ1n) is 9.60. The predicted molar refractivity (Wildman–Crippen MR) is 113 cm³/mol. The minimum absolute atomic E-state index is 0.0353. The van der Waals surface area contributed by atoms with E-state index in [4.69, 9.17) is 0 Å². The Hall–Kier alpha value is -4.01. The fourth-order valence-corrected chi connectivity index (χ4v) is 3.53. The molecule has 6 nitrogen and oxygen atoms in total. The molecule has 2 aromatic heterocycles. The molecule has 0 unspecified atom stereocenters. The Morgan fingerprint density at radius 3 is 2.47 bits per heavy atom. The molecule has 2 heterocycles. The van der Waals surface area contributed by atoms with Gasteiger partial charge in [-0.25, -0.2) is 4.68 Å². The summed E-state index contributed by atoms with van der Waals surface area (Å²) in [6.45, 7) is 3.05. The number of halogens is 3. The number of carbonyl (C=O) groups is 2. The molecule has 0 atom stereocenters. The summed E-state index contributed by atoms with van der Waals surface area (Å²) in [6.07, 6.45) is -2.94. The van der Waals surface area contributed by atoms with Crippen molar-refractivity contribution in [3.63, 3.8) is 0 Å². The summed E-state index contributed by atoms with van der Waals surface area (Å²) in [5.41, 5.74) is 0.739. The second-order valence-electron chi connectivity index (χ2n) is 7.17. The van der Waals surface area contributed by atoms with Crippen molar-refractivity contribution in [3.05, 3.63) is 83.3 Å². The highest BCUT2D eigenvalue weighted by Gasteiger charge is 2.31. The SMILES string of the molecule is Cc1nn(-c2cccc(C(F)(F)F)c2)c(C)c1C(=O)C(=O)Nc1cccc2cccnc12. The third kappa shape index (κ3) is 3.84. The number of carbonyl (C=O) groups excluding carboxylic acids is 2. The monoisotopic (exact) mass is 438 g/mol. The van der Waals surface area contributed by atoms with E-state index in [2.05, 4.69) is 15.4 Å². The molecule has 0 spiro atoms. The van der Waals surface area contributed by atoms with Gasteiger partial charge in [-0.05, 0) is 44.2 Å². The van der Waals surface area contributed by atoms with Crippen LogP contribution in [0.2, 0.25) is 0 Å². The van der Waals surface area contributed by atoms with Crippen LogP contribution >= 0.6 is 0 Å². The van der Waals surface area contributed by atoms with Crippen LogP contribution in [0.1, 0.15) is 27.3 Å². The van der Waals surface area contributed by atoms with E-state index in [1.165, 1.54) is 30.7 Å². The van der Waals surface area contributed by atoms with Crippen LogP contribution in [-0.2, 0) is 11.0 Å². The lowest BCUT2D eigenvalue weighted by Crippen LogP contribution is -2.24. The van der Waals surface area contributed by atoms with Crippen molar-refractivity contribution in [2.24, 2.45) is 0 Å². The number of hydrogen-bond acceptors (Lipinski definition) is 4. The Morgan fingerprint density at radius 1 is 1.00 bits per heavy atom. The third-order valence-corrected chi connectivity index (χ3v) is 5.02. The summed E-state index contributed by atoms with van der Waals surface area (Å²) in [5, 5.41) is 7.57. The van der Waals surface area contributed by atoms with Gasteiger partial charge in [0.2, 0.25) is 0 Å². The molecule has 0 saturated carbocycles. The summed E-state index contributed by atoms with van der Waals surface area (Å²) in [6, 6.07) is 13.4. The van der Waals surface area contributed by atoms with Crippen LogP contribution < -0.4 is 5.32 Å². The summed E-state index contributed by atoms with van der Waals surface area (Å²) < 4.78 is 40.5. The zero-order chi connectivity index (χ0) is 23.0. The maximum Gasteiger partial charge on any atom is 0.416 e. The van der Waals surface area contributed by atoms with Gasteiger partial charge in [0.1, 0.15) is 0 Å². The average Bonchev–Trinajstić information content (AvgIpc) is 3.07. The number of nitrogens with zero attached hydrogens (tertiary/aromatic N) is 3. The highest BCUT2D eigenvalue weighted by Crippen LogP contribution is 2.31. The normalized spacial score (nSPS) is 11.5. The number of anilines is 1. The number of fused-ring (bicyclic) bond motifs is 1. The number of hydrogen-bond donors (Lipinski definition) is 1. The molecule has 4 rings (SSSR count). The molecule has 0 radical (unpaired) electrons. The van der Waals surface area contributed by atoms with Crippen molar-refractivity contribution >= 4 is 28.3 Å². The summed E-state index contributed by atoms with van der Waals surface area (Å²) in [7, 11) is 0. The van der Waals surface area contributed by atoms with Crippen LogP contribution in [0.3, 0.4) is 0 Å². The Bertz CT molecular complexity index is 1350. The number of benzene rings is 2. The largest absolute Gasteiger partial charge is 0.416 e. The van der Waals surface area contributed by atoms with Gasteiger partial charge in [0.25, 0.3) is 11.7 Å². The molecule has 1 N–H and O–H groups in total. The number of amides is 1. The smallest absolute Gasteiger partial charge is 0.317 e. The van der Waals surface area contributed by atoms with Crippen molar-refractivity contribution in [3.8, 4) is 5.69 Å². The number of para-hydroxylation sites is 1. The molecular formula is C23H17F3N4O2. The number of Topliss-reactive ketones (excluding diaryl/α,β-unsaturated/α-hetero) is 1. The van der Waals surface area contributed by atoms with Crippen molar-refractivity contribution in [2.75, 3.05) is 5.32 Å². The minimum atomic E-state index is -4.52. The molecular weight excluding hydrogens is 421 g/mol. The molecule has 0 aliphatic heterocycles. The average molecular weight is 438 g/mol. The van der Waals surface area contributed by atoms with Crippen LogP contribution in [0.15, 0.2) is 60.8 Å². The van der Waals surface area contributed by atoms with Gasteiger partial charge in [0.05, 0.1) is 39.4 Å². The molecule has 0 aliphatic carbocycles. The van der Waals surface area contributed by atoms with Crippen molar-refractivity contribution in [2.45, 2.75) is 20.0 Å². The van der Waals surface area contributed by atoms with Crippen LogP contribution in [0.25, 0.3) is 16.6 Å². The maximum absolute atomic E-state index is 13.1. The molecule has 0 bridgehead atoms. The lowest BCUT2D eigenvalue weighted by Gasteiger charge is -2.10. The lowest BCUT2D eigenvalue weighted by molar-refractivity contribution is -0.137. The molecule has 32 heavy (non-hydrogen) atoms. The summed E-state index contributed by atoms with van der Waals surface area (Å²) in [5.74, 6) is -1.73. The van der Waals surface area contributed by atoms with E-state index in [-0.39, 0.29) is 22.6 Å². The van der Waals surface area contributed by atoms with E-state index >= 15 is 0 Å². The predicted octanol–water partition coefficient (Wildman–Crippen LogP) is 4.88. The Balaban J connectivity index is 1.67. The molecule has 0 saturated heterocycles. The Morgan fingerprint density at radius 2 is 1.72 bits per heavy atom. The molecule has 1 amide bonds. The van der Waals surface area contributed by atoms with E-state index in [0.717, 1.165) is 17.5 Å². The number of pyridine rings is 1. The van der Waals surface area contributed by atoms with Crippen LogP contribution in [0.5, 0.6) is 0 Å². The van der Waals surface area contributed by atoms with Crippen molar-refractivity contribution < 1.29 is 22.8 Å². The van der Waals surface area contributed by atoms with Crippen LogP contribution in [-0.4, -0.2) is 26.5 Å². The number of alkyl halides is 3. The number of ketones is 1. The Kier molecular flexibility index (Phi) is 5.25. The number of aryl methyl sites for hydroxylation is 1. The quantitative estimate of drug-likeness (QED) is 0.364. The topological polar surface area (TPSA) is 76.9 Å². The van der Waals surface area contributed by atoms with Gasteiger partial charge in [-0.15, -0.1) is 0 Å². The van der Waals surface area contributed by atoms with Crippen LogP contribution in [0.4, 0.5) is 18.9 Å². The van der Waals surface area contributed by atoms with E-state index < -0.39 is 23.4 Å². The highest BCUT2D eigenvalue weighted by molar-refractivity contribution is 6.47. The zero-order valence-electron chi connectivity index (χ0n) is 17.1. The van der Waals surface area contributed by atoms with Gasteiger partial charge in [-0.3, -0.25) is 14.6 Å². The van der Waals surface area contributed by atoms with Gasteiger partial charge in [-0.2, -0.15) is 18.3 Å². The first-order valence-corrected chi connectivity index (χ1v) is 9.60. The molecule has 162 valence electrons. The number of aromatic nitrogens is 3. The standard InChI is InChI=1S/C23H17F3N4O2/c1-13-19(14(2)30(29-13)17-9-4-8-16(12-17)23(24,25)26)21(31)22(32)28-18-10-3-6-15-7-5-11-27-20(15)18/h3-12H,1-2H3,(H,28,32). The van der Waals surface area contributed by atoms with Gasteiger partial charge >= 0.3 is 6.18 Å². The first-order chi connectivity index (χ1) is 15.2. The fraction of sp³-hybridized carbons (Fsp3) is 0.130. The lowest BCUT2D eigenvalue weighted by atomic mass is 10.1. The molecule has 0 aliphatic rings. The fourth-order valence-electron chi connectivity index (χ4n) is 3.53. The van der Waals surface area contributed by atoms with E-state index in [1.807, 2.05) is 12.1 Å². The van der Waals surface area contributed by atoms with Gasteiger partial charge in [0, 0.05) is 11.6 Å². The molecule has 2 aromatic carbocycles. The third-order valence-electron chi connectivity index (χ3n) is 5.02. The van der Waals surface area contributed by atoms with Gasteiger partial charge in [0.15, 0.2) is 0 Å². The first kappa shape index (κ1) is 21.2. The maximum atomic E-state index is 13.1. The summed E-state index contributed by atoms with van der Waals surface area (Å²) >= 11 is 0. The number of rotatable bonds is 4. The second-order valence-corrected chi connectivity index (χ2v) is 7.17. The molecule has 0 fully saturated rings. The van der Waals surface area contributed by atoms with E-state index in [9.17, 15) is 22.8 Å².